The van der Waals surface area contributed by atoms with Crippen LogP contribution < -0.4 is 5.14 Å². The molecule has 9 heteroatoms. The van der Waals surface area contributed by atoms with Gasteiger partial charge in [-0.1, -0.05) is 11.6 Å². The molecule has 0 unspecified atom stereocenters. The molecule has 142 valence electrons. The zero-order valence-corrected chi connectivity index (χ0v) is 15.8. The molecular weight excluding hydrogens is 400 g/mol. The summed E-state index contributed by atoms with van der Waals surface area (Å²) in [4.78, 5) is 12.5. The molecule has 2 aromatic carbocycles. The molecule has 0 aromatic heterocycles. The average molecular weight is 414 g/mol. The van der Waals surface area contributed by atoms with Crippen LogP contribution in [0.5, 0.6) is 0 Å². The summed E-state index contributed by atoms with van der Waals surface area (Å²) in [7, 11) is -4.05. The van der Waals surface area contributed by atoms with E-state index in [9.17, 15) is 22.0 Å². The first-order chi connectivity index (χ1) is 12.4. The fourth-order valence-corrected chi connectivity index (χ4v) is 3.86. The van der Waals surface area contributed by atoms with Crippen molar-refractivity contribution >= 4 is 38.7 Å². The van der Waals surface area contributed by atoms with Crippen molar-refractivity contribution in [2.75, 3.05) is 0 Å². The van der Waals surface area contributed by atoms with E-state index in [4.69, 9.17) is 21.5 Å². The number of ether oxygens (including phenoxy) is 1. The molecule has 0 atom stereocenters. The number of Topliss-reactive ketones (excluding diaryl/α,β-unsaturated/α-hetero) is 1. The monoisotopic (exact) mass is 413 g/mol. The van der Waals surface area contributed by atoms with E-state index in [1.54, 1.807) is 0 Å². The number of primary sulfonamides is 1. The fraction of sp³-hybridized carbons (Fsp3) is 0.167. The van der Waals surface area contributed by atoms with Gasteiger partial charge in [-0.05, 0) is 50.2 Å². The van der Waals surface area contributed by atoms with Crippen LogP contribution in [-0.4, -0.2) is 19.8 Å². The van der Waals surface area contributed by atoms with Gasteiger partial charge in [0.1, 0.15) is 22.3 Å². The van der Waals surface area contributed by atoms with Crippen LogP contribution >= 0.6 is 11.6 Å². The summed E-state index contributed by atoms with van der Waals surface area (Å²) in [5, 5.41) is 4.89. The van der Waals surface area contributed by atoms with Gasteiger partial charge in [-0.3, -0.25) is 4.79 Å². The molecule has 0 bridgehead atoms. The van der Waals surface area contributed by atoms with Crippen LogP contribution in [0.2, 0.25) is 5.02 Å². The van der Waals surface area contributed by atoms with E-state index >= 15 is 0 Å². The number of hydrogen-bond acceptors (Lipinski definition) is 4. The van der Waals surface area contributed by atoms with Gasteiger partial charge in [0.25, 0.3) is 0 Å². The number of rotatable bonds is 3. The lowest BCUT2D eigenvalue weighted by molar-refractivity contribution is -0.125. The topological polar surface area (TPSA) is 86.5 Å². The van der Waals surface area contributed by atoms with Crippen LogP contribution in [0.25, 0.3) is 11.3 Å². The van der Waals surface area contributed by atoms with Gasteiger partial charge in [0, 0.05) is 11.1 Å². The summed E-state index contributed by atoms with van der Waals surface area (Å²) >= 11 is 5.99. The van der Waals surface area contributed by atoms with Crippen molar-refractivity contribution in [2.45, 2.75) is 24.3 Å². The van der Waals surface area contributed by atoms with Gasteiger partial charge in [-0.2, -0.15) is 0 Å². The van der Waals surface area contributed by atoms with Gasteiger partial charge >= 0.3 is 0 Å². The molecule has 2 N–H and O–H groups in total. The fourth-order valence-electron chi connectivity index (χ4n) is 2.77. The molecule has 0 spiro atoms. The molecule has 1 heterocycles. The number of hydrogen-bond donors (Lipinski definition) is 1. The minimum atomic E-state index is -4.05. The number of carbonyl (C=O) groups is 1. The maximum Gasteiger partial charge on any atom is 0.239 e. The van der Waals surface area contributed by atoms with Crippen molar-refractivity contribution in [3.8, 4) is 0 Å². The lowest BCUT2D eigenvalue weighted by Crippen LogP contribution is -2.29. The summed E-state index contributed by atoms with van der Waals surface area (Å²) in [6.07, 6.45) is 0. The Morgan fingerprint density at radius 1 is 1.11 bits per heavy atom. The van der Waals surface area contributed by atoms with E-state index in [1.165, 1.54) is 26.0 Å². The van der Waals surface area contributed by atoms with Crippen LogP contribution in [0, 0.1) is 11.6 Å². The van der Waals surface area contributed by atoms with Gasteiger partial charge in [0.2, 0.25) is 15.8 Å². The molecule has 1 aliphatic heterocycles. The predicted molar refractivity (Wildman–Crippen MR) is 96.2 cm³/mol. The van der Waals surface area contributed by atoms with Crippen LogP contribution in [-0.2, 0) is 19.6 Å². The lowest BCUT2D eigenvalue weighted by atomic mass is 9.92. The lowest BCUT2D eigenvalue weighted by Gasteiger charge is -2.18. The Labute approximate surface area is 159 Å². The predicted octanol–water partition coefficient (Wildman–Crippen LogP) is 3.51. The Morgan fingerprint density at radius 3 is 2.37 bits per heavy atom. The first-order valence-corrected chi connectivity index (χ1v) is 9.60. The maximum absolute atomic E-state index is 14.3. The number of benzene rings is 2. The van der Waals surface area contributed by atoms with E-state index in [1.807, 2.05) is 0 Å². The number of nitrogens with two attached hydrogens (primary N) is 1. The summed E-state index contributed by atoms with van der Waals surface area (Å²) in [5.74, 6) is -2.10. The summed E-state index contributed by atoms with van der Waals surface area (Å²) in [6, 6.07) is 6.45. The zero-order chi connectivity index (χ0) is 20.1. The molecule has 3 rings (SSSR count). The normalized spacial score (nSPS) is 16.6. The van der Waals surface area contributed by atoms with E-state index in [0.717, 1.165) is 24.3 Å². The van der Waals surface area contributed by atoms with Gasteiger partial charge in [-0.15, -0.1) is 0 Å². The summed E-state index contributed by atoms with van der Waals surface area (Å²) in [6.45, 7) is 2.97. The number of halogens is 3. The SMILES string of the molecule is CC1(C)OC(c2ccc(S(N)(=O)=O)c(Cl)c2)=C(c2cc(F)ccc2F)C1=O. The minimum absolute atomic E-state index is 0.0302. The summed E-state index contributed by atoms with van der Waals surface area (Å²) in [5.41, 5.74) is -1.51. The van der Waals surface area contributed by atoms with E-state index in [0.29, 0.717) is 0 Å². The molecule has 27 heavy (non-hydrogen) atoms. The van der Waals surface area contributed by atoms with Crippen molar-refractivity contribution in [1.82, 2.24) is 0 Å². The Hall–Kier alpha value is -2.29. The summed E-state index contributed by atoms with van der Waals surface area (Å²) < 4.78 is 56.7. The van der Waals surface area contributed by atoms with Crippen molar-refractivity contribution < 1.29 is 26.7 Å². The van der Waals surface area contributed by atoms with Gasteiger partial charge < -0.3 is 4.74 Å². The van der Waals surface area contributed by atoms with Crippen molar-refractivity contribution in [3.05, 3.63) is 64.2 Å². The molecule has 1 aliphatic rings. The Bertz CT molecular complexity index is 1110. The van der Waals surface area contributed by atoms with E-state index in [-0.39, 0.29) is 32.4 Å². The van der Waals surface area contributed by atoms with E-state index in [2.05, 4.69) is 0 Å². The molecule has 0 aliphatic carbocycles. The standard InChI is InChI=1S/C18H14ClF2NO4S/c1-18(2)17(23)15(11-8-10(20)4-5-13(11)21)16(26-18)9-3-6-14(12(19)7-9)27(22,24)25/h3-8H,1-2H3,(H2,22,24,25). The van der Waals surface area contributed by atoms with Crippen LogP contribution in [0.15, 0.2) is 41.3 Å². The van der Waals surface area contributed by atoms with Gasteiger partial charge in [0.05, 0.1) is 10.6 Å². The highest BCUT2D eigenvalue weighted by Gasteiger charge is 2.43. The molecule has 0 saturated heterocycles. The Balaban J connectivity index is 2.27. The highest BCUT2D eigenvalue weighted by molar-refractivity contribution is 7.89. The van der Waals surface area contributed by atoms with E-state index < -0.39 is 33.0 Å². The number of carbonyl (C=O) groups excluding carboxylic acids is 1. The largest absolute Gasteiger partial charge is 0.478 e. The molecule has 2 aromatic rings. The molecule has 0 radical (unpaired) electrons. The second-order valence-electron chi connectivity index (χ2n) is 6.46. The van der Waals surface area contributed by atoms with Gasteiger partial charge in [0.15, 0.2) is 5.60 Å². The molecule has 5 nitrogen and oxygen atoms in total. The molecule has 0 saturated carbocycles. The van der Waals surface area contributed by atoms with Crippen LogP contribution in [0.4, 0.5) is 8.78 Å². The van der Waals surface area contributed by atoms with Crippen LogP contribution in [0.1, 0.15) is 25.0 Å². The smallest absolute Gasteiger partial charge is 0.239 e. The second-order valence-corrected chi connectivity index (χ2v) is 8.40. The maximum atomic E-state index is 14.3. The highest BCUT2D eigenvalue weighted by atomic mass is 35.5. The first kappa shape index (κ1) is 19.5. The molecule has 0 fully saturated rings. The van der Waals surface area contributed by atoms with Crippen molar-refractivity contribution in [2.24, 2.45) is 5.14 Å². The second kappa shape index (κ2) is 6.40. The number of sulfonamides is 1. The van der Waals surface area contributed by atoms with Crippen molar-refractivity contribution in [3.63, 3.8) is 0 Å². The highest BCUT2D eigenvalue weighted by Crippen LogP contribution is 2.42. The minimum Gasteiger partial charge on any atom is -0.478 e. The zero-order valence-electron chi connectivity index (χ0n) is 14.2. The third-order valence-corrected chi connectivity index (χ3v) is 5.45. The molecule has 0 amide bonds. The average Bonchev–Trinajstić information content (AvgIpc) is 2.79. The third kappa shape index (κ3) is 3.47. The third-order valence-electron chi connectivity index (χ3n) is 4.06. The first-order valence-electron chi connectivity index (χ1n) is 7.68. The van der Waals surface area contributed by atoms with Crippen molar-refractivity contribution in [1.29, 1.82) is 0 Å². The number of ketones is 1. The van der Waals surface area contributed by atoms with Crippen LogP contribution in [0.3, 0.4) is 0 Å². The Morgan fingerprint density at radius 2 is 1.78 bits per heavy atom. The quantitative estimate of drug-likeness (QED) is 0.834. The van der Waals surface area contributed by atoms with Gasteiger partial charge in [-0.25, -0.2) is 22.3 Å². The Kier molecular flexibility index (Phi) is 4.62. The molecular formula is C18H14ClF2NO4S.